The molecule has 0 spiro atoms. The van der Waals surface area contributed by atoms with E-state index < -0.39 is 0 Å². The van der Waals surface area contributed by atoms with Gasteiger partial charge in [0, 0.05) is 39.7 Å². The Bertz CT molecular complexity index is 634. The predicted molar refractivity (Wildman–Crippen MR) is 82.1 cm³/mol. The van der Waals surface area contributed by atoms with Gasteiger partial charge in [0.2, 0.25) is 0 Å². The van der Waals surface area contributed by atoms with E-state index in [2.05, 4.69) is 15.5 Å². The molecule has 112 valence electrons. The maximum Gasteiger partial charge on any atom is 0.253 e. The SMILES string of the molecule is CN(C)C(=O)c1ccc(NCCc2nncn2C)c(N)c1. The van der Waals surface area contributed by atoms with Crippen LogP contribution in [0.1, 0.15) is 16.2 Å². The molecule has 7 heteroatoms. The summed E-state index contributed by atoms with van der Waals surface area (Å²) in [6.45, 7) is 0.692. The Hall–Kier alpha value is -2.57. The van der Waals surface area contributed by atoms with Crippen molar-refractivity contribution >= 4 is 17.3 Å². The number of anilines is 2. The fraction of sp³-hybridized carbons (Fsp3) is 0.357. The van der Waals surface area contributed by atoms with Crippen LogP contribution in [-0.2, 0) is 13.5 Å². The molecule has 2 rings (SSSR count). The Morgan fingerprint density at radius 3 is 2.76 bits per heavy atom. The van der Waals surface area contributed by atoms with E-state index in [1.807, 2.05) is 17.7 Å². The van der Waals surface area contributed by atoms with Gasteiger partial charge < -0.3 is 20.5 Å². The first-order valence-electron chi connectivity index (χ1n) is 6.67. The van der Waals surface area contributed by atoms with Gasteiger partial charge in [-0.05, 0) is 18.2 Å². The zero-order valence-electron chi connectivity index (χ0n) is 12.5. The van der Waals surface area contributed by atoms with Crippen LogP contribution in [0.5, 0.6) is 0 Å². The van der Waals surface area contributed by atoms with Crippen molar-refractivity contribution in [3.05, 3.63) is 35.9 Å². The molecule has 2 aromatic rings. The molecule has 0 atom stereocenters. The van der Waals surface area contributed by atoms with Gasteiger partial charge in [-0.3, -0.25) is 4.79 Å². The minimum atomic E-state index is -0.0627. The number of carbonyl (C=O) groups excluding carboxylic acids is 1. The van der Waals surface area contributed by atoms with Crippen LogP contribution in [0.3, 0.4) is 0 Å². The van der Waals surface area contributed by atoms with Crippen LogP contribution < -0.4 is 11.1 Å². The zero-order valence-corrected chi connectivity index (χ0v) is 12.5. The summed E-state index contributed by atoms with van der Waals surface area (Å²) >= 11 is 0. The highest BCUT2D eigenvalue weighted by Gasteiger charge is 2.10. The highest BCUT2D eigenvalue weighted by atomic mass is 16.2. The van der Waals surface area contributed by atoms with Crippen molar-refractivity contribution in [1.29, 1.82) is 0 Å². The molecule has 0 bridgehead atoms. The number of hydrogen-bond acceptors (Lipinski definition) is 5. The number of aryl methyl sites for hydroxylation is 1. The maximum atomic E-state index is 11.8. The van der Waals surface area contributed by atoms with Crippen LogP contribution >= 0.6 is 0 Å². The molecular weight excluding hydrogens is 268 g/mol. The van der Waals surface area contributed by atoms with Crippen molar-refractivity contribution in [3.63, 3.8) is 0 Å². The van der Waals surface area contributed by atoms with Crippen molar-refractivity contribution in [3.8, 4) is 0 Å². The summed E-state index contributed by atoms with van der Waals surface area (Å²) in [6.07, 6.45) is 2.42. The average molecular weight is 288 g/mol. The summed E-state index contributed by atoms with van der Waals surface area (Å²) < 4.78 is 1.88. The standard InChI is InChI=1S/C14H20N6O/c1-19(2)14(21)10-4-5-12(11(15)8-10)16-7-6-13-18-17-9-20(13)3/h4-5,8-9,16H,6-7,15H2,1-3H3. The van der Waals surface area contributed by atoms with Gasteiger partial charge >= 0.3 is 0 Å². The van der Waals surface area contributed by atoms with Crippen LogP contribution in [0.25, 0.3) is 0 Å². The van der Waals surface area contributed by atoms with Crippen LogP contribution in [0.15, 0.2) is 24.5 Å². The summed E-state index contributed by atoms with van der Waals surface area (Å²) in [7, 11) is 5.34. The normalized spacial score (nSPS) is 10.4. The summed E-state index contributed by atoms with van der Waals surface area (Å²) in [6, 6.07) is 5.28. The van der Waals surface area contributed by atoms with E-state index in [1.54, 1.807) is 32.6 Å². The van der Waals surface area contributed by atoms with Gasteiger partial charge in [-0.2, -0.15) is 0 Å². The van der Waals surface area contributed by atoms with E-state index in [0.717, 1.165) is 17.9 Å². The molecule has 1 amide bonds. The molecule has 7 nitrogen and oxygen atoms in total. The highest BCUT2D eigenvalue weighted by molar-refractivity contribution is 5.95. The number of rotatable bonds is 5. The molecule has 0 aliphatic heterocycles. The molecule has 1 aromatic carbocycles. The van der Waals surface area contributed by atoms with E-state index >= 15 is 0 Å². The Morgan fingerprint density at radius 1 is 1.43 bits per heavy atom. The number of amides is 1. The minimum absolute atomic E-state index is 0.0627. The number of hydrogen-bond donors (Lipinski definition) is 2. The lowest BCUT2D eigenvalue weighted by Gasteiger charge is -2.13. The van der Waals surface area contributed by atoms with E-state index in [0.29, 0.717) is 17.8 Å². The number of aromatic nitrogens is 3. The predicted octanol–water partition coefficient (Wildman–Crippen LogP) is 0.754. The lowest BCUT2D eigenvalue weighted by Crippen LogP contribution is -2.21. The molecule has 1 aromatic heterocycles. The van der Waals surface area contributed by atoms with Gasteiger partial charge in [0.05, 0.1) is 11.4 Å². The average Bonchev–Trinajstić information content (AvgIpc) is 2.85. The number of nitrogens with zero attached hydrogens (tertiary/aromatic N) is 4. The lowest BCUT2D eigenvalue weighted by molar-refractivity contribution is 0.0827. The molecule has 0 aliphatic rings. The smallest absolute Gasteiger partial charge is 0.253 e. The van der Waals surface area contributed by atoms with Gasteiger partial charge in [0.1, 0.15) is 12.2 Å². The Kier molecular flexibility index (Phi) is 4.42. The molecule has 3 N–H and O–H groups in total. The van der Waals surface area contributed by atoms with E-state index in [4.69, 9.17) is 5.73 Å². The third-order valence-corrected chi connectivity index (χ3v) is 3.17. The van der Waals surface area contributed by atoms with E-state index in [-0.39, 0.29) is 5.91 Å². The van der Waals surface area contributed by atoms with Gasteiger partial charge in [0.25, 0.3) is 5.91 Å². The maximum absolute atomic E-state index is 11.8. The van der Waals surface area contributed by atoms with Crippen LogP contribution in [0.2, 0.25) is 0 Å². The molecule has 1 heterocycles. The first-order valence-corrected chi connectivity index (χ1v) is 6.67. The van der Waals surface area contributed by atoms with Crippen LogP contribution in [0.4, 0.5) is 11.4 Å². The highest BCUT2D eigenvalue weighted by Crippen LogP contribution is 2.20. The second-order valence-corrected chi connectivity index (χ2v) is 5.04. The molecule has 0 saturated carbocycles. The molecule has 0 unspecified atom stereocenters. The van der Waals surface area contributed by atoms with Crippen molar-refractivity contribution in [2.75, 3.05) is 31.7 Å². The monoisotopic (exact) mass is 288 g/mol. The quantitative estimate of drug-likeness (QED) is 0.793. The number of nitrogen functional groups attached to an aromatic ring is 1. The van der Waals surface area contributed by atoms with Crippen LogP contribution in [-0.4, -0.2) is 46.2 Å². The lowest BCUT2D eigenvalue weighted by atomic mass is 10.1. The topological polar surface area (TPSA) is 89.1 Å². The van der Waals surface area contributed by atoms with Gasteiger partial charge in [-0.25, -0.2) is 0 Å². The van der Waals surface area contributed by atoms with Crippen molar-refractivity contribution in [1.82, 2.24) is 19.7 Å². The van der Waals surface area contributed by atoms with Gasteiger partial charge in [-0.1, -0.05) is 0 Å². The first-order chi connectivity index (χ1) is 9.99. The second kappa shape index (κ2) is 6.25. The third kappa shape index (κ3) is 3.50. The van der Waals surface area contributed by atoms with E-state index in [9.17, 15) is 4.79 Å². The molecule has 0 aliphatic carbocycles. The summed E-state index contributed by atoms with van der Waals surface area (Å²) in [5, 5.41) is 11.1. The number of carbonyl (C=O) groups is 1. The first kappa shape index (κ1) is 14.8. The Morgan fingerprint density at radius 2 is 2.19 bits per heavy atom. The number of nitrogens with one attached hydrogen (secondary N) is 1. The zero-order chi connectivity index (χ0) is 15.4. The fourth-order valence-corrected chi connectivity index (χ4v) is 1.96. The molecule has 21 heavy (non-hydrogen) atoms. The summed E-state index contributed by atoms with van der Waals surface area (Å²) in [5.41, 5.74) is 7.93. The second-order valence-electron chi connectivity index (χ2n) is 5.04. The molecule has 0 fully saturated rings. The van der Waals surface area contributed by atoms with E-state index in [1.165, 1.54) is 4.90 Å². The third-order valence-electron chi connectivity index (χ3n) is 3.17. The molecule has 0 saturated heterocycles. The fourth-order valence-electron chi connectivity index (χ4n) is 1.96. The van der Waals surface area contributed by atoms with Crippen LogP contribution in [0, 0.1) is 0 Å². The Labute approximate surface area is 123 Å². The van der Waals surface area contributed by atoms with Gasteiger partial charge in [-0.15, -0.1) is 10.2 Å². The van der Waals surface area contributed by atoms with Crippen molar-refractivity contribution < 1.29 is 4.79 Å². The number of benzene rings is 1. The minimum Gasteiger partial charge on any atom is -0.397 e. The summed E-state index contributed by atoms with van der Waals surface area (Å²) in [5.74, 6) is 0.841. The van der Waals surface area contributed by atoms with Gasteiger partial charge in [0.15, 0.2) is 0 Å². The molecular formula is C14H20N6O. The number of nitrogens with two attached hydrogens (primary N) is 1. The molecule has 0 radical (unpaired) electrons. The Balaban J connectivity index is 1.98. The van der Waals surface area contributed by atoms with Crippen molar-refractivity contribution in [2.24, 2.45) is 7.05 Å². The summed E-state index contributed by atoms with van der Waals surface area (Å²) in [4.78, 5) is 13.4. The van der Waals surface area contributed by atoms with Crippen molar-refractivity contribution in [2.45, 2.75) is 6.42 Å². The largest absolute Gasteiger partial charge is 0.397 e.